The van der Waals surface area contributed by atoms with Gasteiger partial charge in [0.2, 0.25) is 0 Å². The van der Waals surface area contributed by atoms with Crippen LogP contribution in [-0.4, -0.2) is 17.7 Å². The van der Waals surface area contributed by atoms with Crippen LogP contribution in [0.3, 0.4) is 0 Å². The normalized spacial score (nSPS) is 10.7. The van der Waals surface area contributed by atoms with Gasteiger partial charge in [0.15, 0.2) is 0 Å². The Morgan fingerprint density at radius 2 is 1.59 bits per heavy atom. The van der Waals surface area contributed by atoms with E-state index in [9.17, 15) is 15.0 Å². The fourth-order valence-corrected chi connectivity index (χ4v) is 1.66. The summed E-state index contributed by atoms with van der Waals surface area (Å²) in [7, 11) is 0. The average molecular weight is 354 g/mol. The van der Waals surface area contributed by atoms with Crippen molar-refractivity contribution in [2.45, 2.75) is 6.04 Å². The minimum Gasteiger partial charge on any atom is -0.872 e. The second-order valence-electron chi connectivity index (χ2n) is 3.95. The second kappa shape index (κ2) is 10.5. The van der Waals surface area contributed by atoms with Crippen LogP contribution in [-0.2, 0) is 27.3 Å². The number of para-hydroxylation sites is 1. The minimum atomic E-state index is -1.30. The van der Waals surface area contributed by atoms with E-state index in [0.717, 1.165) is 0 Å². The van der Waals surface area contributed by atoms with Crippen LogP contribution in [0.25, 0.3) is 0 Å². The molecule has 0 aromatic heterocycles. The van der Waals surface area contributed by atoms with E-state index in [2.05, 4.69) is 4.99 Å². The molecule has 0 unspecified atom stereocenters. The predicted molar refractivity (Wildman–Crippen MR) is 76.2 cm³/mol. The summed E-state index contributed by atoms with van der Waals surface area (Å²) in [5, 5.41) is 22.6. The third-order valence-electron chi connectivity index (χ3n) is 2.62. The van der Waals surface area contributed by atoms with Gasteiger partial charge in [-0.25, -0.2) is 0 Å². The van der Waals surface area contributed by atoms with Gasteiger partial charge in [0.1, 0.15) is 6.04 Å². The molecule has 0 heterocycles. The molecule has 0 aliphatic heterocycles. The van der Waals surface area contributed by atoms with E-state index in [0.29, 0.717) is 11.1 Å². The fraction of sp³-hybridized carbons (Fsp3) is 0.0667. The summed E-state index contributed by atoms with van der Waals surface area (Å²) in [6.07, 6.45) is 1.27. The monoisotopic (exact) mass is 353 g/mol. The quantitative estimate of drug-likeness (QED) is 0.392. The maximum atomic E-state index is 11.5. The predicted octanol–water partition coefficient (Wildman–Crippen LogP) is -1.08. The van der Waals surface area contributed by atoms with Gasteiger partial charge in [-0.15, -0.1) is 5.75 Å². The molecule has 0 aliphatic rings. The molecule has 0 aliphatic carbocycles. The van der Waals surface area contributed by atoms with Crippen LogP contribution in [0.2, 0.25) is 0 Å². The van der Waals surface area contributed by atoms with E-state index in [-0.39, 0.29) is 33.8 Å². The van der Waals surface area contributed by atoms with Crippen LogP contribution in [0, 0.1) is 0 Å². The molecule has 0 saturated heterocycles. The zero-order valence-electron chi connectivity index (χ0n) is 11.4. The molecule has 0 fully saturated rings. The van der Waals surface area contributed by atoms with Crippen LogP contribution < -0.4 is 10.2 Å². The van der Waals surface area contributed by atoms with Gasteiger partial charge in [-0.3, -0.25) is 4.99 Å². The van der Waals surface area contributed by atoms with Crippen molar-refractivity contribution in [1.82, 2.24) is 0 Å². The Balaban J connectivity index is 0. The number of aliphatic carboxylic acids is 1. The standard InChI is InChI=1S/C15H13NO3.Cu.2H2O/c17-13-9-5-4-8-12(13)10-16-14(15(18)19)11-6-2-1-3-7-11;;;/h1-10,14,17H,(H,18,19);;2*1H2/q;+2;;/p-1/t14-;;;/m0.../s1. The zero-order valence-corrected chi connectivity index (χ0v) is 12.3. The number of carbonyl (C=O) groups is 1. The molecule has 121 valence electrons. The number of carboxylic acids is 1. The number of hydrogen-bond acceptors (Lipinski definition) is 4. The van der Waals surface area contributed by atoms with Crippen molar-refractivity contribution in [3.63, 3.8) is 0 Å². The zero-order chi connectivity index (χ0) is 13.7. The first-order chi connectivity index (χ1) is 9.18. The van der Waals surface area contributed by atoms with Crippen molar-refractivity contribution in [2.75, 3.05) is 0 Å². The third-order valence-corrected chi connectivity index (χ3v) is 2.62. The smallest absolute Gasteiger partial charge is 0.872 e. The molecule has 22 heavy (non-hydrogen) atoms. The number of carboxylic acid groups (broad SMARTS) is 1. The van der Waals surface area contributed by atoms with Gasteiger partial charge in [-0.2, -0.15) is 0 Å². The Kier molecular flexibility index (Phi) is 10.6. The number of benzene rings is 2. The van der Waals surface area contributed by atoms with E-state index in [1.54, 1.807) is 48.5 Å². The number of nitrogens with zero attached hydrogens (tertiary/aromatic N) is 1. The van der Waals surface area contributed by atoms with Crippen LogP contribution in [0.15, 0.2) is 59.6 Å². The number of aliphatic imine (C=N–C) groups is 1. The number of rotatable bonds is 4. The fourth-order valence-electron chi connectivity index (χ4n) is 1.66. The average Bonchev–Trinajstić information content (AvgIpc) is 2.42. The second-order valence-corrected chi connectivity index (χ2v) is 3.95. The molecule has 2 aromatic rings. The first kappa shape index (κ1) is 22.1. The summed E-state index contributed by atoms with van der Waals surface area (Å²) in [5.74, 6) is -1.50. The Hall–Kier alpha value is -2.18. The van der Waals surface area contributed by atoms with Crippen molar-refractivity contribution in [1.29, 1.82) is 0 Å². The first-order valence-corrected chi connectivity index (χ1v) is 5.73. The van der Waals surface area contributed by atoms with Gasteiger partial charge in [0.05, 0.1) is 5.97 Å². The van der Waals surface area contributed by atoms with Gasteiger partial charge in [0.25, 0.3) is 0 Å². The summed E-state index contributed by atoms with van der Waals surface area (Å²) in [5.41, 5.74) is 0.867. The van der Waals surface area contributed by atoms with E-state index >= 15 is 0 Å². The Morgan fingerprint density at radius 1 is 1.05 bits per heavy atom. The minimum absolute atomic E-state index is 0. The molecule has 7 heteroatoms. The molecular weight excluding hydrogens is 338 g/mol. The van der Waals surface area contributed by atoms with E-state index in [4.69, 9.17) is 0 Å². The molecule has 0 spiro atoms. The van der Waals surface area contributed by atoms with Crippen LogP contribution in [0.1, 0.15) is 17.2 Å². The molecule has 0 amide bonds. The molecule has 1 radical (unpaired) electrons. The van der Waals surface area contributed by atoms with Crippen molar-refractivity contribution in [3.05, 3.63) is 65.7 Å². The molecule has 2 rings (SSSR count). The molecule has 0 saturated carbocycles. The Morgan fingerprint density at radius 3 is 2.14 bits per heavy atom. The van der Waals surface area contributed by atoms with Gasteiger partial charge in [0, 0.05) is 6.21 Å². The summed E-state index contributed by atoms with van der Waals surface area (Å²) in [6, 6.07) is 13.7. The summed E-state index contributed by atoms with van der Waals surface area (Å²) in [6.45, 7) is 0. The summed E-state index contributed by atoms with van der Waals surface area (Å²) < 4.78 is 0. The maximum absolute atomic E-state index is 11.5. The molecule has 6 nitrogen and oxygen atoms in total. The van der Waals surface area contributed by atoms with Crippen LogP contribution >= 0.6 is 0 Å². The molecule has 2 aromatic carbocycles. The molecular formula is C15H16CuNO5+. The summed E-state index contributed by atoms with van der Waals surface area (Å²) >= 11 is 0. The first-order valence-electron chi connectivity index (χ1n) is 5.73. The van der Waals surface area contributed by atoms with E-state index in [1.807, 2.05) is 0 Å². The van der Waals surface area contributed by atoms with Gasteiger partial charge in [-0.1, -0.05) is 54.6 Å². The van der Waals surface area contributed by atoms with Gasteiger partial charge < -0.3 is 26.0 Å². The van der Waals surface area contributed by atoms with Crippen molar-refractivity contribution >= 4 is 12.2 Å². The van der Waals surface area contributed by atoms with E-state index in [1.165, 1.54) is 12.3 Å². The van der Waals surface area contributed by atoms with Crippen LogP contribution in [0.5, 0.6) is 5.75 Å². The Bertz CT molecular complexity index is 604. The van der Waals surface area contributed by atoms with Crippen molar-refractivity contribution in [2.24, 2.45) is 4.99 Å². The summed E-state index contributed by atoms with van der Waals surface area (Å²) in [4.78, 5) is 15.0. The molecule has 5 N–H and O–H groups in total. The molecule has 0 bridgehead atoms. The SMILES string of the molecule is O.O=C([O-])[C@@H](N=Cc1ccccc1[O-])c1ccccc1.[Cu+2].[OH3+]. The molecule has 1 atom stereocenters. The van der Waals surface area contributed by atoms with Crippen molar-refractivity contribution in [3.8, 4) is 5.75 Å². The largest absolute Gasteiger partial charge is 2.00 e. The van der Waals surface area contributed by atoms with E-state index < -0.39 is 12.0 Å². The third kappa shape index (κ3) is 5.67. The Labute approximate surface area is 138 Å². The number of hydrogen-bond donors (Lipinski definition) is 0. The van der Waals surface area contributed by atoms with Gasteiger partial charge in [-0.05, 0) is 11.1 Å². The van der Waals surface area contributed by atoms with Crippen LogP contribution in [0.4, 0.5) is 0 Å². The number of carbonyl (C=O) groups excluding carboxylic acids is 1. The maximum Gasteiger partial charge on any atom is 2.00 e. The topological polar surface area (TPSA) is 140 Å². The van der Waals surface area contributed by atoms with Crippen molar-refractivity contribution < 1.29 is 43.0 Å². The van der Waals surface area contributed by atoms with Gasteiger partial charge >= 0.3 is 17.1 Å².